The zero-order valence-electron chi connectivity index (χ0n) is 13.5. The monoisotopic (exact) mass is 323 g/mol. The van der Waals surface area contributed by atoms with Crippen LogP contribution in [0, 0.1) is 5.92 Å². The summed E-state index contributed by atoms with van der Waals surface area (Å²) in [6.45, 7) is 11.2. The lowest BCUT2D eigenvalue weighted by Crippen LogP contribution is -3.20. The highest BCUT2D eigenvalue weighted by molar-refractivity contribution is 6.27. The van der Waals surface area contributed by atoms with Crippen molar-refractivity contribution in [3.63, 3.8) is 0 Å². The number of hydrogen-bond donors (Lipinski definition) is 3. The van der Waals surface area contributed by atoms with E-state index >= 15 is 0 Å². The highest BCUT2D eigenvalue weighted by Crippen LogP contribution is 2.12. The Morgan fingerprint density at radius 3 is 2.78 bits per heavy atom. The van der Waals surface area contributed by atoms with Crippen molar-refractivity contribution in [1.29, 1.82) is 0 Å². The molecule has 2 fully saturated rings. The van der Waals surface area contributed by atoms with E-state index in [0.717, 1.165) is 37.6 Å². The topological polar surface area (TPSA) is 99.9 Å². The van der Waals surface area contributed by atoms with Gasteiger partial charge >= 0.3 is 6.03 Å². The van der Waals surface area contributed by atoms with E-state index in [1.54, 1.807) is 6.92 Å². The van der Waals surface area contributed by atoms with Gasteiger partial charge in [-0.15, -0.1) is 6.58 Å². The molecule has 2 heterocycles. The first-order valence-corrected chi connectivity index (χ1v) is 7.98. The minimum absolute atomic E-state index is 0.0795. The van der Waals surface area contributed by atoms with Gasteiger partial charge in [-0.05, 0) is 6.92 Å². The van der Waals surface area contributed by atoms with E-state index < -0.39 is 23.8 Å². The predicted molar refractivity (Wildman–Crippen MR) is 84.1 cm³/mol. The number of rotatable bonds is 6. The van der Waals surface area contributed by atoms with Crippen molar-refractivity contribution in [3.05, 3.63) is 12.7 Å². The SMILES string of the molecule is C=CCN1C(=O)NC(=O)C(C(C)=NCC[NH+]2CC[NH2+]CC2)C1=O. The van der Waals surface area contributed by atoms with Gasteiger partial charge in [-0.25, -0.2) is 4.79 Å². The third-order valence-electron chi connectivity index (χ3n) is 4.21. The van der Waals surface area contributed by atoms with Crippen LogP contribution in [-0.2, 0) is 9.59 Å². The maximum Gasteiger partial charge on any atom is 0.331 e. The van der Waals surface area contributed by atoms with Crippen LogP contribution >= 0.6 is 0 Å². The molecule has 1 atom stereocenters. The molecule has 2 aliphatic rings. The summed E-state index contributed by atoms with van der Waals surface area (Å²) in [5, 5.41) is 4.50. The van der Waals surface area contributed by atoms with Crippen molar-refractivity contribution >= 4 is 23.6 Å². The Kier molecular flexibility index (Phi) is 6.00. The molecule has 0 aromatic rings. The standard InChI is InChI=1S/C15H23N5O3/c1-3-7-20-14(22)12(13(21)18-15(20)23)11(2)17-6-10-19-8-4-16-5-9-19/h3,12,16H,1,4-10H2,2H3,(H,18,21,23)/p+2. The lowest BCUT2D eigenvalue weighted by atomic mass is 9.99. The summed E-state index contributed by atoms with van der Waals surface area (Å²) in [6.07, 6.45) is 1.45. The number of barbiturate groups is 1. The van der Waals surface area contributed by atoms with Crippen LogP contribution < -0.4 is 15.5 Å². The Morgan fingerprint density at radius 2 is 2.13 bits per heavy atom. The molecule has 0 aromatic heterocycles. The molecule has 2 rings (SSSR count). The largest absolute Gasteiger partial charge is 0.337 e. The number of imide groups is 2. The highest BCUT2D eigenvalue weighted by atomic mass is 16.2. The second-order valence-corrected chi connectivity index (χ2v) is 5.85. The molecule has 0 saturated carbocycles. The van der Waals surface area contributed by atoms with Crippen LogP contribution in [0.1, 0.15) is 6.92 Å². The molecule has 1 unspecified atom stereocenters. The van der Waals surface area contributed by atoms with Crippen LogP contribution in [0.25, 0.3) is 0 Å². The molecule has 2 aliphatic heterocycles. The third kappa shape index (κ3) is 4.23. The van der Waals surface area contributed by atoms with E-state index in [4.69, 9.17) is 0 Å². The normalized spacial score (nSPS) is 23.9. The quantitative estimate of drug-likeness (QED) is 0.272. The number of carbonyl (C=O) groups is 3. The van der Waals surface area contributed by atoms with E-state index in [1.165, 1.54) is 11.0 Å². The fourth-order valence-electron chi connectivity index (χ4n) is 2.90. The van der Waals surface area contributed by atoms with Gasteiger partial charge in [0, 0.05) is 12.3 Å². The molecule has 2 saturated heterocycles. The van der Waals surface area contributed by atoms with E-state index in [1.807, 2.05) is 0 Å². The Bertz CT molecular complexity index is 525. The van der Waals surface area contributed by atoms with Gasteiger partial charge < -0.3 is 10.2 Å². The van der Waals surface area contributed by atoms with Crippen molar-refractivity contribution in [2.75, 3.05) is 45.8 Å². The van der Waals surface area contributed by atoms with E-state index in [0.29, 0.717) is 12.3 Å². The van der Waals surface area contributed by atoms with E-state index in [9.17, 15) is 14.4 Å². The maximum atomic E-state index is 12.3. The number of amides is 4. The Balaban J connectivity index is 1.97. The average Bonchev–Trinajstić information content (AvgIpc) is 2.52. The summed E-state index contributed by atoms with van der Waals surface area (Å²) in [5.41, 5.74) is 0.456. The second kappa shape index (κ2) is 7.98. The zero-order valence-corrected chi connectivity index (χ0v) is 13.5. The van der Waals surface area contributed by atoms with Crippen molar-refractivity contribution < 1.29 is 24.6 Å². The van der Waals surface area contributed by atoms with Gasteiger partial charge in [0.05, 0.1) is 13.1 Å². The van der Waals surface area contributed by atoms with Gasteiger partial charge in [0.1, 0.15) is 26.2 Å². The predicted octanol–water partition coefficient (Wildman–Crippen LogP) is -3.21. The number of urea groups is 1. The van der Waals surface area contributed by atoms with Crippen LogP contribution in [-0.4, -0.2) is 74.3 Å². The van der Waals surface area contributed by atoms with Crippen molar-refractivity contribution in [2.24, 2.45) is 10.9 Å². The van der Waals surface area contributed by atoms with Gasteiger partial charge in [0.2, 0.25) is 11.8 Å². The summed E-state index contributed by atoms with van der Waals surface area (Å²) in [4.78, 5) is 42.9. The van der Waals surface area contributed by atoms with Gasteiger partial charge in [0.25, 0.3) is 0 Å². The number of nitrogens with zero attached hydrogens (tertiary/aromatic N) is 2. The number of piperazine rings is 1. The number of aliphatic imine (C=N–C) groups is 1. The highest BCUT2D eigenvalue weighted by Gasteiger charge is 2.41. The number of carbonyl (C=O) groups excluding carboxylic acids is 3. The minimum Gasteiger partial charge on any atom is -0.337 e. The molecule has 0 aliphatic carbocycles. The van der Waals surface area contributed by atoms with Crippen molar-refractivity contribution in [3.8, 4) is 0 Å². The van der Waals surface area contributed by atoms with Gasteiger partial charge in [-0.3, -0.25) is 24.8 Å². The molecular weight excluding hydrogens is 298 g/mol. The Morgan fingerprint density at radius 1 is 1.43 bits per heavy atom. The summed E-state index contributed by atoms with van der Waals surface area (Å²) in [7, 11) is 0. The van der Waals surface area contributed by atoms with Crippen LogP contribution in [0.2, 0.25) is 0 Å². The molecule has 0 spiro atoms. The zero-order chi connectivity index (χ0) is 16.8. The van der Waals surface area contributed by atoms with Crippen molar-refractivity contribution in [1.82, 2.24) is 10.2 Å². The maximum absolute atomic E-state index is 12.3. The van der Waals surface area contributed by atoms with Gasteiger partial charge in [0.15, 0.2) is 5.92 Å². The number of hydrogen-bond acceptors (Lipinski definition) is 4. The summed E-state index contributed by atoms with van der Waals surface area (Å²) in [6, 6.07) is -0.696. The van der Waals surface area contributed by atoms with E-state index in [-0.39, 0.29) is 6.54 Å². The first-order chi connectivity index (χ1) is 11.0. The van der Waals surface area contributed by atoms with Gasteiger partial charge in [-0.1, -0.05) is 6.08 Å². The number of nitrogens with one attached hydrogen (secondary N) is 2. The van der Waals surface area contributed by atoms with Crippen LogP contribution in [0.4, 0.5) is 4.79 Å². The molecule has 23 heavy (non-hydrogen) atoms. The first kappa shape index (κ1) is 17.3. The molecule has 0 bridgehead atoms. The molecule has 4 amide bonds. The number of nitrogens with two attached hydrogens (primary N) is 1. The lowest BCUT2D eigenvalue weighted by Gasteiger charge is -2.29. The molecule has 4 N–H and O–H groups in total. The van der Waals surface area contributed by atoms with Crippen LogP contribution in [0.3, 0.4) is 0 Å². The summed E-state index contributed by atoms with van der Waals surface area (Å²) < 4.78 is 0. The van der Waals surface area contributed by atoms with Crippen LogP contribution in [0.15, 0.2) is 17.6 Å². The Labute approximate surface area is 135 Å². The molecule has 8 nitrogen and oxygen atoms in total. The average molecular weight is 323 g/mol. The van der Waals surface area contributed by atoms with E-state index in [2.05, 4.69) is 22.2 Å². The second-order valence-electron chi connectivity index (χ2n) is 5.85. The third-order valence-corrected chi connectivity index (χ3v) is 4.21. The molecule has 0 aromatic carbocycles. The first-order valence-electron chi connectivity index (χ1n) is 7.98. The molecule has 126 valence electrons. The smallest absolute Gasteiger partial charge is 0.331 e. The summed E-state index contributed by atoms with van der Waals surface area (Å²) in [5.74, 6) is -2.14. The summed E-state index contributed by atoms with van der Waals surface area (Å²) >= 11 is 0. The van der Waals surface area contributed by atoms with Gasteiger partial charge in [-0.2, -0.15) is 0 Å². The van der Waals surface area contributed by atoms with Crippen LogP contribution in [0.5, 0.6) is 0 Å². The Hall–Kier alpha value is -2.06. The molecule has 8 heteroatoms. The minimum atomic E-state index is -1.02. The fourth-order valence-corrected chi connectivity index (χ4v) is 2.90. The lowest BCUT2D eigenvalue weighted by molar-refractivity contribution is -0.945. The molecular formula is C15H25N5O3+2. The van der Waals surface area contributed by atoms with Crippen molar-refractivity contribution in [2.45, 2.75) is 6.92 Å². The number of quaternary nitrogens is 2. The fraction of sp³-hybridized carbons (Fsp3) is 0.600. The molecule has 0 radical (unpaired) electrons.